The molecule has 0 amide bonds. The SMILES string of the molecule is N#Cc1cc(C#N)c(-n2c3ccccc3c3ccccc32)c(-c2cccc(-c3ccc(F)cc3)c2)c1-n1c2ccccc2c2ccccc21. The van der Waals surface area contributed by atoms with Crippen molar-refractivity contribution in [2.24, 2.45) is 0 Å². The molecule has 0 unspecified atom stereocenters. The molecule has 0 aliphatic carbocycles. The summed E-state index contributed by atoms with van der Waals surface area (Å²) in [6, 6.07) is 54.1. The number of aromatic nitrogens is 2. The van der Waals surface area contributed by atoms with Gasteiger partial charge in [-0.3, -0.25) is 0 Å². The first-order valence-corrected chi connectivity index (χ1v) is 16.0. The highest BCUT2D eigenvalue weighted by atomic mass is 19.1. The van der Waals surface area contributed by atoms with Crippen molar-refractivity contribution in [3.05, 3.63) is 169 Å². The number of para-hydroxylation sites is 4. The average Bonchev–Trinajstić information content (AvgIpc) is 3.67. The normalized spacial score (nSPS) is 11.3. The van der Waals surface area contributed by atoms with Crippen molar-refractivity contribution >= 4 is 43.6 Å². The molecule has 9 rings (SSSR count). The molecule has 49 heavy (non-hydrogen) atoms. The average molecular weight is 629 g/mol. The van der Waals surface area contributed by atoms with Crippen LogP contribution in [0.2, 0.25) is 0 Å². The van der Waals surface area contributed by atoms with E-state index in [1.54, 1.807) is 18.2 Å². The van der Waals surface area contributed by atoms with Crippen LogP contribution >= 0.6 is 0 Å². The first-order chi connectivity index (χ1) is 24.2. The smallest absolute Gasteiger partial charge is 0.123 e. The van der Waals surface area contributed by atoms with E-state index < -0.39 is 0 Å². The molecule has 0 saturated heterocycles. The lowest BCUT2D eigenvalue weighted by Gasteiger charge is -2.23. The van der Waals surface area contributed by atoms with Crippen molar-refractivity contribution in [1.82, 2.24) is 9.13 Å². The highest BCUT2D eigenvalue weighted by molar-refractivity contribution is 6.12. The third kappa shape index (κ3) is 4.27. The number of benzene rings is 7. The van der Waals surface area contributed by atoms with Gasteiger partial charge >= 0.3 is 0 Å². The zero-order chi connectivity index (χ0) is 33.1. The van der Waals surface area contributed by atoms with Gasteiger partial charge in [0.25, 0.3) is 0 Å². The maximum atomic E-state index is 14.0. The van der Waals surface area contributed by atoms with E-state index in [-0.39, 0.29) is 5.82 Å². The predicted molar refractivity (Wildman–Crippen MR) is 195 cm³/mol. The predicted octanol–water partition coefficient (Wildman–Crippen LogP) is 11.1. The molecule has 5 heteroatoms. The van der Waals surface area contributed by atoms with Gasteiger partial charge in [0.05, 0.1) is 44.6 Å². The molecule has 0 radical (unpaired) electrons. The highest BCUT2D eigenvalue weighted by Crippen LogP contribution is 2.45. The summed E-state index contributed by atoms with van der Waals surface area (Å²) in [5.41, 5.74) is 9.27. The van der Waals surface area contributed by atoms with Gasteiger partial charge in [-0.15, -0.1) is 0 Å². The van der Waals surface area contributed by atoms with Gasteiger partial charge in [0, 0.05) is 27.1 Å². The molecular formula is C44H25FN4. The van der Waals surface area contributed by atoms with E-state index in [0.717, 1.165) is 65.9 Å². The number of rotatable bonds is 4. The van der Waals surface area contributed by atoms with Crippen LogP contribution in [0, 0.1) is 28.5 Å². The zero-order valence-corrected chi connectivity index (χ0v) is 26.1. The van der Waals surface area contributed by atoms with Crippen molar-refractivity contribution in [3.63, 3.8) is 0 Å². The van der Waals surface area contributed by atoms with Gasteiger partial charge in [0.15, 0.2) is 0 Å². The first kappa shape index (κ1) is 28.3. The summed E-state index contributed by atoms with van der Waals surface area (Å²) in [6.07, 6.45) is 0. The van der Waals surface area contributed by atoms with E-state index in [2.05, 4.69) is 75.9 Å². The number of hydrogen-bond donors (Lipinski definition) is 0. The number of nitriles is 2. The first-order valence-electron chi connectivity index (χ1n) is 16.0. The van der Waals surface area contributed by atoms with Crippen LogP contribution in [0.4, 0.5) is 4.39 Å². The second kappa shape index (κ2) is 11.1. The van der Waals surface area contributed by atoms with Crippen molar-refractivity contribution < 1.29 is 4.39 Å². The molecule has 0 atom stereocenters. The highest BCUT2D eigenvalue weighted by Gasteiger charge is 2.27. The maximum Gasteiger partial charge on any atom is 0.123 e. The summed E-state index contributed by atoms with van der Waals surface area (Å²) >= 11 is 0. The van der Waals surface area contributed by atoms with E-state index in [1.165, 1.54) is 12.1 Å². The summed E-state index contributed by atoms with van der Waals surface area (Å²) < 4.78 is 18.3. The van der Waals surface area contributed by atoms with Gasteiger partial charge in [-0.25, -0.2) is 4.39 Å². The fourth-order valence-corrected chi connectivity index (χ4v) is 7.39. The summed E-state index contributed by atoms with van der Waals surface area (Å²) in [6.45, 7) is 0. The van der Waals surface area contributed by atoms with Crippen LogP contribution < -0.4 is 0 Å². The molecule has 228 valence electrons. The number of halogens is 1. The lowest BCUT2D eigenvalue weighted by Crippen LogP contribution is -2.08. The number of fused-ring (bicyclic) bond motifs is 6. The third-order valence-corrected chi connectivity index (χ3v) is 9.45. The summed E-state index contributed by atoms with van der Waals surface area (Å²) in [5, 5.41) is 26.0. The van der Waals surface area contributed by atoms with Crippen LogP contribution in [-0.2, 0) is 0 Å². The molecule has 0 aliphatic rings. The molecule has 0 N–H and O–H groups in total. The molecule has 7 aromatic carbocycles. The summed E-state index contributed by atoms with van der Waals surface area (Å²) in [4.78, 5) is 0. The fraction of sp³-hybridized carbons (Fsp3) is 0. The Balaban J connectivity index is 1.52. The number of hydrogen-bond acceptors (Lipinski definition) is 2. The Hall–Kier alpha value is -6.95. The Morgan fingerprint density at radius 3 is 1.24 bits per heavy atom. The Bertz CT molecular complexity index is 2600. The van der Waals surface area contributed by atoms with Crippen LogP contribution in [0.1, 0.15) is 11.1 Å². The van der Waals surface area contributed by atoms with Crippen LogP contribution in [-0.4, -0.2) is 9.13 Å². The Morgan fingerprint density at radius 2 is 0.816 bits per heavy atom. The Morgan fingerprint density at radius 1 is 0.408 bits per heavy atom. The molecule has 2 aromatic heterocycles. The van der Waals surface area contributed by atoms with Gasteiger partial charge in [-0.1, -0.05) is 103 Å². The van der Waals surface area contributed by atoms with Crippen LogP contribution in [0.15, 0.2) is 152 Å². The van der Waals surface area contributed by atoms with Gasteiger partial charge in [0.1, 0.15) is 18.0 Å². The molecule has 4 nitrogen and oxygen atoms in total. The van der Waals surface area contributed by atoms with E-state index in [9.17, 15) is 14.9 Å². The minimum absolute atomic E-state index is 0.303. The van der Waals surface area contributed by atoms with Gasteiger partial charge in [-0.05, 0) is 65.2 Å². The van der Waals surface area contributed by atoms with Crippen molar-refractivity contribution in [2.75, 3.05) is 0 Å². The third-order valence-electron chi connectivity index (χ3n) is 9.45. The van der Waals surface area contributed by atoms with Crippen molar-refractivity contribution in [2.45, 2.75) is 0 Å². The Labute approximate surface area is 281 Å². The van der Waals surface area contributed by atoms with Crippen LogP contribution in [0.25, 0.3) is 77.2 Å². The van der Waals surface area contributed by atoms with E-state index in [4.69, 9.17) is 0 Å². The standard InChI is InChI=1S/C44H25FN4/c45-33-22-20-28(21-23-33)29-10-9-11-30(24-29)42-43(48-38-16-5-1-12-34(38)35-13-2-6-17-39(35)48)31(26-46)25-32(27-47)44(42)49-40-18-7-3-14-36(40)37-15-4-8-19-41(37)49/h1-25H. The van der Waals surface area contributed by atoms with E-state index in [1.807, 2.05) is 66.7 Å². The molecule has 0 bridgehead atoms. The molecule has 9 aromatic rings. The van der Waals surface area contributed by atoms with Crippen LogP contribution in [0.3, 0.4) is 0 Å². The maximum absolute atomic E-state index is 14.0. The largest absolute Gasteiger partial charge is 0.307 e. The summed E-state index contributed by atoms with van der Waals surface area (Å²) in [5.74, 6) is -0.303. The second-order valence-corrected chi connectivity index (χ2v) is 12.1. The molecule has 0 saturated carbocycles. The minimum atomic E-state index is -0.303. The van der Waals surface area contributed by atoms with Crippen molar-refractivity contribution in [1.29, 1.82) is 10.5 Å². The van der Waals surface area contributed by atoms with Crippen molar-refractivity contribution in [3.8, 4) is 45.8 Å². The van der Waals surface area contributed by atoms with Gasteiger partial charge < -0.3 is 9.13 Å². The lowest BCUT2D eigenvalue weighted by molar-refractivity contribution is 0.628. The molecular weight excluding hydrogens is 604 g/mol. The van der Waals surface area contributed by atoms with E-state index in [0.29, 0.717) is 22.5 Å². The zero-order valence-electron chi connectivity index (χ0n) is 26.1. The van der Waals surface area contributed by atoms with Gasteiger partial charge in [0.2, 0.25) is 0 Å². The van der Waals surface area contributed by atoms with Crippen LogP contribution in [0.5, 0.6) is 0 Å². The monoisotopic (exact) mass is 628 g/mol. The summed E-state index contributed by atoms with van der Waals surface area (Å²) in [7, 11) is 0. The molecule has 0 spiro atoms. The molecule has 2 heterocycles. The van der Waals surface area contributed by atoms with Gasteiger partial charge in [-0.2, -0.15) is 10.5 Å². The number of nitrogens with zero attached hydrogens (tertiary/aromatic N) is 4. The molecule has 0 fully saturated rings. The fourth-order valence-electron chi connectivity index (χ4n) is 7.39. The van der Waals surface area contributed by atoms with E-state index >= 15 is 0 Å². The Kier molecular flexibility index (Phi) is 6.40. The molecule has 0 aliphatic heterocycles. The topological polar surface area (TPSA) is 57.4 Å². The lowest BCUT2D eigenvalue weighted by atomic mass is 9.92. The quantitative estimate of drug-likeness (QED) is 0.195. The minimum Gasteiger partial charge on any atom is -0.307 e. The second-order valence-electron chi connectivity index (χ2n) is 12.1.